The van der Waals surface area contributed by atoms with Gasteiger partial charge in [0.05, 0.1) is 6.04 Å². The van der Waals surface area contributed by atoms with Gasteiger partial charge in [-0.2, -0.15) is 0 Å². The summed E-state index contributed by atoms with van der Waals surface area (Å²) >= 11 is 0. The average molecular weight is 276 g/mol. The second kappa shape index (κ2) is 7.62. The van der Waals surface area contributed by atoms with Crippen LogP contribution in [0.3, 0.4) is 0 Å². The molecule has 0 aliphatic heterocycles. The molecule has 0 unspecified atom stereocenters. The van der Waals surface area contributed by atoms with Crippen LogP contribution in [0.4, 0.5) is 0 Å². The fourth-order valence-electron chi connectivity index (χ4n) is 1.75. The molecule has 1 atom stereocenters. The van der Waals surface area contributed by atoms with Crippen LogP contribution in [-0.4, -0.2) is 0 Å². The van der Waals surface area contributed by atoms with Crippen LogP contribution in [-0.2, 0) is 6.61 Å². The number of ether oxygens (including phenoxy) is 1. The first kappa shape index (κ1) is 15.3. The van der Waals surface area contributed by atoms with Crippen molar-refractivity contribution in [3.8, 4) is 5.75 Å². The molecule has 0 amide bonds. The first-order valence-electron chi connectivity index (χ1n) is 5.95. The summed E-state index contributed by atoms with van der Waals surface area (Å²) in [5.41, 5.74) is 8.07. The van der Waals surface area contributed by atoms with Gasteiger partial charge in [-0.15, -0.1) is 19.0 Å². The van der Waals surface area contributed by atoms with Crippen LogP contribution in [0.15, 0.2) is 67.3 Å². The smallest absolute Gasteiger partial charge is 0.124 e. The van der Waals surface area contributed by atoms with E-state index in [1.807, 2.05) is 54.6 Å². The van der Waals surface area contributed by atoms with E-state index in [0.29, 0.717) is 6.61 Å². The standard InChI is InChI=1S/C16H17NO.ClH/c1-2-15(17)14-10-6-7-11-16(14)18-12-13-8-4-3-5-9-13;/h2-11,15H,1,12,17H2;1H/t15-;/m1./s1. The fourth-order valence-corrected chi connectivity index (χ4v) is 1.75. The summed E-state index contributed by atoms with van der Waals surface area (Å²) in [5, 5.41) is 0. The number of hydrogen-bond acceptors (Lipinski definition) is 2. The van der Waals surface area contributed by atoms with E-state index in [2.05, 4.69) is 6.58 Å². The molecule has 0 saturated heterocycles. The summed E-state index contributed by atoms with van der Waals surface area (Å²) in [4.78, 5) is 0. The van der Waals surface area contributed by atoms with E-state index >= 15 is 0 Å². The molecule has 0 aliphatic carbocycles. The Morgan fingerprint density at radius 3 is 2.37 bits per heavy atom. The number of benzene rings is 2. The summed E-state index contributed by atoms with van der Waals surface area (Å²) in [5.74, 6) is 0.814. The molecular weight excluding hydrogens is 258 g/mol. The van der Waals surface area contributed by atoms with Crippen LogP contribution in [0, 0.1) is 0 Å². The number of hydrogen-bond donors (Lipinski definition) is 1. The molecular formula is C16H18ClNO. The van der Waals surface area contributed by atoms with Crippen molar-refractivity contribution in [1.29, 1.82) is 0 Å². The SMILES string of the molecule is C=C[C@@H](N)c1ccccc1OCc1ccccc1.Cl. The first-order chi connectivity index (χ1) is 8.81. The van der Waals surface area contributed by atoms with Crippen molar-refractivity contribution >= 4 is 12.4 Å². The van der Waals surface area contributed by atoms with Crippen molar-refractivity contribution in [2.24, 2.45) is 5.73 Å². The zero-order valence-electron chi connectivity index (χ0n) is 10.7. The summed E-state index contributed by atoms with van der Waals surface area (Å²) in [6.45, 7) is 4.26. The zero-order valence-corrected chi connectivity index (χ0v) is 11.5. The lowest BCUT2D eigenvalue weighted by Crippen LogP contribution is -2.09. The van der Waals surface area contributed by atoms with Gasteiger partial charge in [0, 0.05) is 5.56 Å². The molecule has 100 valence electrons. The first-order valence-corrected chi connectivity index (χ1v) is 5.95. The maximum atomic E-state index is 5.97. The number of nitrogens with two attached hydrogens (primary N) is 1. The topological polar surface area (TPSA) is 35.2 Å². The van der Waals surface area contributed by atoms with Gasteiger partial charge in [0.2, 0.25) is 0 Å². The molecule has 3 heteroatoms. The molecule has 2 N–H and O–H groups in total. The third kappa shape index (κ3) is 4.12. The lowest BCUT2D eigenvalue weighted by atomic mass is 10.1. The number of halogens is 1. The minimum atomic E-state index is -0.197. The molecule has 0 aromatic heterocycles. The molecule has 2 nitrogen and oxygen atoms in total. The Hall–Kier alpha value is -1.77. The van der Waals surface area contributed by atoms with Crippen molar-refractivity contribution in [1.82, 2.24) is 0 Å². The molecule has 19 heavy (non-hydrogen) atoms. The van der Waals surface area contributed by atoms with Gasteiger partial charge < -0.3 is 10.5 Å². The highest BCUT2D eigenvalue weighted by molar-refractivity contribution is 5.85. The second-order valence-corrected chi connectivity index (χ2v) is 4.07. The molecule has 0 bridgehead atoms. The monoisotopic (exact) mass is 275 g/mol. The molecule has 2 aromatic rings. The summed E-state index contributed by atoms with van der Waals surface area (Å²) in [7, 11) is 0. The molecule has 0 aliphatic rings. The van der Waals surface area contributed by atoms with E-state index in [9.17, 15) is 0 Å². The van der Waals surface area contributed by atoms with Crippen LogP contribution in [0.25, 0.3) is 0 Å². The van der Waals surface area contributed by atoms with Gasteiger partial charge in [-0.05, 0) is 11.6 Å². The van der Waals surface area contributed by atoms with Crippen molar-refractivity contribution in [2.75, 3.05) is 0 Å². The highest BCUT2D eigenvalue weighted by atomic mass is 35.5. The van der Waals surface area contributed by atoms with E-state index in [0.717, 1.165) is 16.9 Å². The Morgan fingerprint density at radius 2 is 1.68 bits per heavy atom. The number of para-hydroxylation sites is 1. The summed E-state index contributed by atoms with van der Waals surface area (Å²) < 4.78 is 5.82. The normalized spacial score (nSPS) is 11.2. The van der Waals surface area contributed by atoms with Gasteiger partial charge in [-0.3, -0.25) is 0 Å². The average Bonchev–Trinajstić information content (AvgIpc) is 2.45. The Bertz CT molecular complexity index is 513. The zero-order chi connectivity index (χ0) is 12.8. The Kier molecular flexibility index (Phi) is 6.13. The van der Waals surface area contributed by atoms with Crippen LogP contribution in [0.5, 0.6) is 5.75 Å². The van der Waals surface area contributed by atoms with Gasteiger partial charge in [0.1, 0.15) is 12.4 Å². The highest BCUT2D eigenvalue weighted by Gasteiger charge is 2.08. The minimum Gasteiger partial charge on any atom is -0.489 e. The van der Waals surface area contributed by atoms with Gasteiger partial charge >= 0.3 is 0 Å². The Balaban J connectivity index is 0.00000180. The van der Waals surface area contributed by atoms with Gasteiger partial charge in [-0.25, -0.2) is 0 Å². The quantitative estimate of drug-likeness (QED) is 0.841. The third-order valence-corrected chi connectivity index (χ3v) is 2.77. The van der Waals surface area contributed by atoms with Crippen LogP contribution in [0.2, 0.25) is 0 Å². The predicted octanol–water partition coefficient (Wildman–Crippen LogP) is 3.87. The lowest BCUT2D eigenvalue weighted by Gasteiger charge is -2.14. The molecule has 0 spiro atoms. The maximum Gasteiger partial charge on any atom is 0.124 e. The van der Waals surface area contributed by atoms with Crippen molar-refractivity contribution < 1.29 is 4.74 Å². The van der Waals surface area contributed by atoms with Crippen LogP contribution < -0.4 is 10.5 Å². The second-order valence-electron chi connectivity index (χ2n) is 4.07. The number of rotatable bonds is 5. The maximum absolute atomic E-state index is 5.97. The molecule has 0 heterocycles. The van der Waals surface area contributed by atoms with Crippen molar-refractivity contribution in [2.45, 2.75) is 12.6 Å². The van der Waals surface area contributed by atoms with E-state index in [1.54, 1.807) is 6.08 Å². The Labute approximate surface area is 120 Å². The molecule has 0 radical (unpaired) electrons. The van der Waals surface area contributed by atoms with Crippen molar-refractivity contribution in [3.05, 3.63) is 78.4 Å². The van der Waals surface area contributed by atoms with Crippen LogP contribution in [0.1, 0.15) is 17.2 Å². The minimum absolute atomic E-state index is 0. The van der Waals surface area contributed by atoms with E-state index in [4.69, 9.17) is 10.5 Å². The van der Waals surface area contributed by atoms with E-state index in [1.165, 1.54) is 0 Å². The third-order valence-electron chi connectivity index (χ3n) is 2.77. The van der Waals surface area contributed by atoms with Gasteiger partial charge in [0.25, 0.3) is 0 Å². The molecule has 2 aromatic carbocycles. The lowest BCUT2D eigenvalue weighted by molar-refractivity contribution is 0.302. The molecule has 0 saturated carbocycles. The molecule has 0 fully saturated rings. The fraction of sp³-hybridized carbons (Fsp3) is 0.125. The Morgan fingerprint density at radius 1 is 1.05 bits per heavy atom. The van der Waals surface area contributed by atoms with E-state index in [-0.39, 0.29) is 18.4 Å². The molecule has 2 rings (SSSR count). The van der Waals surface area contributed by atoms with Gasteiger partial charge in [-0.1, -0.05) is 54.6 Å². The van der Waals surface area contributed by atoms with Crippen molar-refractivity contribution in [3.63, 3.8) is 0 Å². The summed E-state index contributed by atoms with van der Waals surface area (Å²) in [6, 6.07) is 17.7. The summed E-state index contributed by atoms with van der Waals surface area (Å²) in [6.07, 6.45) is 1.71. The van der Waals surface area contributed by atoms with E-state index < -0.39 is 0 Å². The highest BCUT2D eigenvalue weighted by Crippen LogP contribution is 2.24. The predicted molar refractivity (Wildman–Crippen MR) is 81.6 cm³/mol. The van der Waals surface area contributed by atoms with Gasteiger partial charge in [0.15, 0.2) is 0 Å². The largest absolute Gasteiger partial charge is 0.489 e. The van der Waals surface area contributed by atoms with Crippen LogP contribution >= 0.6 is 12.4 Å².